The normalized spacial score (nSPS) is 12.6. The largest absolute Gasteiger partial charge is 0.480 e. The van der Waals surface area contributed by atoms with E-state index in [1.165, 1.54) is 11.8 Å². The summed E-state index contributed by atoms with van der Waals surface area (Å²) >= 11 is 1.43. The van der Waals surface area contributed by atoms with Gasteiger partial charge in [0.2, 0.25) is 0 Å². The lowest BCUT2D eigenvalue weighted by atomic mass is 10.2. The highest BCUT2D eigenvalue weighted by atomic mass is 32.2. The van der Waals surface area contributed by atoms with Crippen molar-refractivity contribution in [2.75, 3.05) is 0 Å². The van der Waals surface area contributed by atoms with Gasteiger partial charge >= 0.3 is 5.97 Å². The van der Waals surface area contributed by atoms with Gasteiger partial charge in [-0.25, -0.2) is 0 Å². The van der Waals surface area contributed by atoms with Gasteiger partial charge in [0.15, 0.2) is 0 Å². The van der Waals surface area contributed by atoms with Crippen LogP contribution in [0.5, 0.6) is 0 Å². The molecule has 0 saturated carbocycles. The fraction of sp³-hybridized carbons (Fsp3) is 0.545. The monoisotopic (exact) mass is 228 g/mol. The van der Waals surface area contributed by atoms with Crippen LogP contribution in [0.15, 0.2) is 22.8 Å². The van der Waals surface area contributed by atoms with Gasteiger partial charge in [0.25, 0.3) is 0 Å². The molecular formula is C11H16O3S. The van der Waals surface area contributed by atoms with Crippen LogP contribution in [-0.2, 0) is 10.5 Å². The average Bonchev–Trinajstić information content (AvgIpc) is 2.70. The van der Waals surface area contributed by atoms with E-state index in [9.17, 15) is 4.79 Å². The molecule has 0 fully saturated rings. The molecule has 1 aromatic rings. The van der Waals surface area contributed by atoms with Gasteiger partial charge in [0.1, 0.15) is 11.0 Å². The average molecular weight is 228 g/mol. The summed E-state index contributed by atoms with van der Waals surface area (Å²) in [5.74, 6) is 0.746. The highest BCUT2D eigenvalue weighted by molar-refractivity contribution is 7.99. The van der Waals surface area contributed by atoms with Crippen LogP contribution in [0, 0.1) is 0 Å². The van der Waals surface area contributed by atoms with Crippen LogP contribution in [0.1, 0.15) is 31.9 Å². The topological polar surface area (TPSA) is 50.4 Å². The summed E-state index contributed by atoms with van der Waals surface area (Å²) < 4.78 is 5.15. The van der Waals surface area contributed by atoms with Crippen molar-refractivity contribution in [1.29, 1.82) is 0 Å². The molecule has 1 rings (SSSR count). The molecule has 0 bridgehead atoms. The first kappa shape index (κ1) is 12.2. The molecule has 1 aromatic heterocycles. The Hall–Kier alpha value is -0.900. The second-order valence-electron chi connectivity index (χ2n) is 3.36. The number of hydrogen-bond acceptors (Lipinski definition) is 3. The van der Waals surface area contributed by atoms with Crippen molar-refractivity contribution in [2.24, 2.45) is 0 Å². The summed E-state index contributed by atoms with van der Waals surface area (Å²) in [5.41, 5.74) is 0. The molecule has 0 spiro atoms. The fourth-order valence-electron chi connectivity index (χ4n) is 1.25. The number of unbranched alkanes of at least 4 members (excludes halogenated alkanes) is 1. The maximum Gasteiger partial charge on any atom is 0.316 e. The van der Waals surface area contributed by atoms with Crippen LogP contribution < -0.4 is 0 Å². The molecule has 3 nitrogen and oxygen atoms in total. The summed E-state index contributed by atoms with van der Waals surface area (Å²) in [6.07, 6.45) is 4.34. The second-order valence-corrected chi connectivity index (χ2v) is 4.55. The van der Waals surface area contributed by atoms with Gasteiger partial charge in [0, 0.05) is 0 Å². The number of thioether (sulfide) groups is 1. The highest BCUT2D eigenvalue weighted by Crippen LogP contribution is 2.22. The van der Waals surface area contributed by atoms with E-state index in [1.807, 2.05) is 12.1 Å². The Bertz CT molecular complexity index is 282. The Morgan fingerprint density at radius 2 is 2.47 bits per heavy atom. The lowest BCUT2D eigenvalue weighted by molar-refractivity contribution is -0.136. The minimum absolute atomic E-state index is 0.310. The van der Waals surface area contributed by atoms with Gasteiger partial charge < -0.3 is 9.52 Å². The Morgan fingerprint density at radius 1 is 1.67 bits per heavy atom. The van der Waals surface area contributed by atoms with E-state index in [2.05, 4.69) is 6.92 Å². The van der Waals surface area contributed by atoms with Crippen molar-refractivity contribution in [3.63, 3.8) is 0 Å². The molecule has 4 heteroatoms. The number of carbonyl (C=O) groups is 1. The standard InChI is InChI=1S/C11H16O3S/c1-2-3-6-10(11(12)13)15-8-9-5-4-7-14-9/h4-5,7,10H,2-3,6,8H2,1H3,(H,12,13). The third kappa shape index (κ3) is 4.42. The van der Waals surface area contributed by atoms with Gasteiger partial charge in [-0.05, 0) is 18.6 Å². The number of rotatable bonds is 7. The van der Waals surface area contributed by atoms with Crippen LogP contribution in [0.3, 0.4) is 0 Å². The van der Waals surface area contributed by atoms with Crippen molar-refractivity contribution >= 4 is 17.7 Å². The summed E-state index contributed by atoms with van der Waals surface area (Å²) in [4.78, 5) is 10.9. The Labute approximate surface area is 93.9 Å². The minimum atomic E-state index is -0.722. The summed E-state index contributed by atoms with van der Waals surface area (Å²) in [6, 6.07) is 3.68. The minimum Gasteiger partial charge on any atom is -0.480 e. The predicted molar refractivity (Wildman–Crippen MR) is 61.0 cm³/mol. The molecule has 0 aliphatic carbocycles. The Balaban J connectivity index is 2.34. The fourth-order valence-corrected chi connectivity index (χ4v) is 2.25. The molecule has 15 heavy (non-hydrogen) atoms. The molecule has 0 radical (unpaired) electrons. The molecule has 0 aliphatic rings. The second kappa shape index (κ2) is 6.56. The van der Waals surface area contributed by atoms with Crippen molar-refractivity contribution in [3.8, 4) is 0 Å². The van der Waals surface area contributed by atoms with Crippen LogP contribution in [-0.4, -0.2) is 16.3 Å². The van der Waals surface area contributed by atoms with Gasteiger partial charge in [-0.3, -0.25) is 4.79 Å². The Kier molecular flexibility index (Phi) is 5.32. The zero-order chi connectivity index (χ0) is 11.1. The number of furan rings is 1. The Morgan fingerprint density at radius 3 is 3.00 bits per heavy atom. The molecule has 1 N–H and O–H groups in total. The molecule has 0 aromatic carbocycles. The maximum absolute atomic E-state index is 10.9. The highest BCUT2D eigenvalue weighted by Gasteiger charge is 2.17. The molecule has 0 saturated heterocycles. The van der Waals surface area contributed by atoms with E-state index in [4.69, 9.17) is 9.52 Å². The van der Waals surface area contributed by atoms with E-state index in [0.29, 0.717) is 5.75 Å². The zero-order valence-electron chi connectivity index (χ0n) is 8.81. The summed E-state index contributed by atoms with van der Waals surface area (Å²) in [7, 11) is 0. The van der Waals surface area contributed by atoms with Gasteiger partial charge in [-0.1, -0.05) is 19.8 Å². The van der Waals surface area contributed by atoms with E-state index in [0.717, 1.165) is 25.0 Å². The van der Waals surface area contributed by atoms with Crippen molar-refractivity contribution in [2.45, 2.75) is 37.2 Å². The third-order valence-corrected chi connectivity index (χ3v) is 3.39. The lowest BCUT2D eigenvalue weighted by Gasteiger charge is -2.09. The molecule has 1 unspecified atom stereocenters. The van der Waals surface area contributed by atoms with Crippen LogP contribution in [0.4, 0.5) is 0 Å². The van der Waals surface area contributed by atoms with Crippen LogP contribution >= 0.6 is 11.8 Å². The number of hydrogen-bond donors (Lipinski definition) is 1. The summed E-state index contributed by atoms with van der Waals surface area (Å²) in [5, 5.41) is 8.67. The number of aliphatic carboxylic acids is 1. The smallest absolute Gasteiger partial charge is 0.316 e. The molecule has 1 atom stereocenters. The van der Waals surface area contributed by atoms with E-state index in [-0.39, 0.29) is 5.25 Å². The first-order valence-electron chi connectivity index (χ1n) is 5.10. The van der Waals surface area contributed by atoms with Gasteiger partial charge in [-0.2, -0.15) is 0 Å². The van der Waals surface area contributed by atoms with Gasteiger partial charge in [0.05, 0.1) is 12.0 Å². The predicted octanol–water partition coefficient (Wildman–Crippen LogP) is 3.16. The maximum atomic E-state index is 10.9. The molecule has 84 valence electrons. The summed E-state index contributed by atoms with van der Waals surface area (Å²) in [6.45, 7) is 2.07. The van der Waals surface area contributed by atoms with Crippen molar-refractivity contribution in [3.05, 3.63) is 24.2 Å². The van der Waals surface area contributed by atoms with E-state index < -0.39 is 5.97 Å². The first-order valence-corrected chi connectivity index (χ1v) is 6.15. The number of carboxylic acids is 1. The molecular weight excluding hydrogens is 212 g/mol. The third-order valence-electron chi connectivity index (χ3n) is 2.10. The molecule has 0 aliphatic heterocycles. The van der Waals surface area contributed by atoms with E-state index in [1.54, 1.807) is 6.26 Å². The van der Waals surface area contributed by atoms with E-state index >= 15 is 0 Å². The van der Waals surface area contributed by atoms with Crippen LogP contribution in [0.2, 0.25) is 0 Å². The van der Waals surface area contributed by atoms with Gasteiger partial charge in [-0.15, -0.1) is 11.8 Å². The van der Waals surface area contributed by atoms with Crippen molar-refractivity contribution < 1.29 is 14.3 Å². The molecule has 1 heterocycles. The number of carboxylic acid groups (broad SMARTS) is 1. The first-order chi connectivity index (χ1) is 7.24. The zero-order valence-corrected chi connectivity index (χ0v) is 9.63. The molecule has 0 amide bonds. The van der Waals surface area contributed by atoms with Crippen LogP contribution in [0.25, 0.3) is 0 Å². The van der Waals surface area contributed by atoms with Crippen molar-refractivity contribution in [1.82, 2.24) is 0 Å². The SMILES string of the molecule is CCCCC(SCc1ccco1)C(=O)O. The quantitative estimate of drug-likeness (QED) is 0.778. The lowest BCUT2D eigenvalue weighted by Crippen LogP contribution is -2.16.